The molecule has 1 aromatic rings. The number of ether oxygens (including phenoxy) is 1. The van der Waals surface area contributed by atoms with Crippen molar-refractivity contribution in [1.82, 2.24) is 5.43 Å². The van der Waals surface area contributed by atoms with Gasteiger partial charge < -0.3 is 4.74 Å². The first-order valence-corrected chi connectivity index (χ1v) is 6.42. The number of methoxy groups -OCH3 is 1. The SMILES string of the molecule is COC(=O)C1=NNC2(CC(=O)N(c3ccccc3)C2=O)C1. The van der Waals surface area contributed by atoms with Crippen molar-refractivity contribution in [3.8, 4) is 0 Å². The number of esters is 1. The van der Waals surface area contributed by atoms with Gasteiger partial charge >= 0.3 is 5.97 Å². The van der Waals surface area contributed by atoms with E-state index in [4.69, 9.17) is 0 Å². The van der Waals surface area contributed by atoms with Gasteiger partial charge in [-0.05, 0) is 12.1 Å². The van der Waals surface area contributed by atoms with Crippen LogP contribution in [0.15, 0.2) is 35.4 Å². The van der Waals surface area contributed by atoms with Gasteiger partial charge in [0.15, 0.2) is 0 Å². The molecular weight excluding hydrogens is 274 g/mol. The number of imide groups is 1. The maximum absolute atomic E-state index is 12.6. The first-order chi connectivity index (χ1) is 10.1. The average Bonchev–Trinajstić information content (AvgIpc) is 3.02. The zero-order valence-corrected chi connectivity index (χ0v) is 11.3. The Hall–Kier alpha value is -2.70. The summed E-state index contributed by atoms with van der Waals surface area (Å²) in [5.41, 5.74) is 2.11. The van der Waals surface area contributed by atoms with Gasteiger partial charge in [0.1, 0.15) is 11.3 Å². The lowest BCUT2D eigenvalue weighted by Crippen LogP contribution is -2.47. The van der Waals surface area contributed by atoms with Crippen LogP contribution in [0.2, 0.25) is 0 Å². The van der Waals surface area contributed by atoms with Crippen molar-refractivity contribution in [3.05, 3.63) is 30.3 Å². The number of nitrogens with one attached hydrogen (secondary N) is 1. The monoisotopic (exact) mass is 287 g/mol. The third-order valence-electron chi connectivity index (χ3n) is 3.62. The molecule has 21 heavy (non-hydrogen) atoms. The molecule has 1 unspecified atom stereocenters. The summed E-state index contributed by atoms with van der Waals surface area (Å²) < 4.78 is 4.59. The molecule has 0 aromatic heterocycles. The molecule has 0 aliphatic carbocycles. The molecule has 0 radical (unpaired) electrons. The molecule has 7 heteroatoms. The van der Waals surface area contributed by atoms with Crippen LogP contribution >= 0.6 is 0 Å². The van der Waals surface area contributed by atoms with Gasteiger partial charge in [-0.15, -0.1) is 0 Å². The van der Waals surface area contributed by atoms with Gasteiger partial charge in [0.2, 0.25) is 5.91 Å². The third kappa shape index (κ3) is 1.97. The van der Waals surface area contributed by atoms with E-state index in [9.17, 15) is 14.4 Å². The molecule has 0 saturated carbocycles. The molecule has 2 heterocycles. The van der Waals surface area contributed by atoms with Crippen molar-refractivity contribution in [2.45, 2.75) is 18.4 Å². The molecule has 3 rings (SSSR count). The van der Waals surface area contributed by atoms with E-state index >= 15 is 0 Å². The van der Waals surface area contributed by atoms with Gasteiger partial charge in [-0.3, -0.25) is 15.0 Å². The second kappa shape index (κ2) is 4.69. The number of anilines is 1. The average molecular weight is 287 g/mol. The summed E-state index contributed by atoms with van der Waals surface area (Å²) in [6.45, 7) is 0. The maximum atomic E-state index is 12.6. The minimum Gasteiger partial charge on any atom is -0.464 e. The molecule has 108 valence electrons. The topological polar surface area (TPSA) is 88.1 Å². The largest absolute Gasteiger partial charge is 0.464 e. The van der Waals surface area contributed by atoms with Crippen molar-refractivity contribution in [2.75, 3.05) is 12.0 Å². The number of para-hydroxylation sites is 1. The van der Waals surface area contributed by atoms with Gasteiger partial charge in [0.05, 0.1) is 19.2 Å². The Morgan fingerprint density at radius 2 is 2.00 bits per heavy atom. The van der Waals surface area contributed by atoms with E-state index in [-0.39, 0.29) is 24.5 Å². The van der Waals surface area contributed by atoms with E-state index in [2.05, 4.69) is 15.3 Å². The Kier molecular flexibility index (Phi) is 2.97. The first-order valence-electron chi connectivity index (χ1n) is 6.42. The molecular formula is C14H13N3O4. The Bertz CT molecular complexity index is 655. The van der Waals surface area contributed by atoms with Crippen LogP contribution in [0.5, 0.6) is 0 Å². The molecule has 2 amide bonds. The van der Waals surface area contributed by atoms with Crippen LogP contribution in [0.1, 0.15) is 12.8 Å². The highest BCUT2D eigenvalue weighted by molar-refractivity contribution is 6.39. The molecule has 1 fully saturated rings. The highest BCUT2D eigenvalue weighted by Gasteiger charge is 2.56. The fourth-order valence-corrected chi connectivity index (χ4v) is 2.58. The van der Waals surface area contributed by atoms with Gasteiger partial charge in [-0.1, -0.05) is 18.2 Å². The Labute approximate surface area is 120 Å². The predicted octanol–water partition coefficient (Wildman–Crippen LogP) is 0.211. The van der Waals surface area contributed by atoms with Crippen molar-refractivity contribution < 1.29 is 19.1 Å². The minimum absolute atomic E-state index is 0.0370. The van der Waals surface area contributed by atoms with Crippen LogP contribution in [-0.2, 0) is 19.1 Å². The summed E-state index contributed by atoms with van der Waals surface area (Å²) in [5.74, 6) is -1.32. The number of nitrogens with zero attached hydrogens (tertiary/aromatic N) is 2. The summed E-state index contributed by atoms with van der Waals surface area (Å²) in [4.78, 5) is 37.4. The minimum atomic E-state index is -1.17. The standard InChI is InChI=1S/C14H13N3O4/c1-21-12(19)10-7-14(16-15-10)8-11(18)17(13(14)20)9-5-3-2-4-6-9/h2-6,16H,7-8H2,1H3. The number of carbonyl (C=O) groups excluding carboxylic acids is 3. The van der Waals surface area contributed by atoms with Crippen molar-refractivity contribution >= 4 is 29.2 Å². The normalized spacial score (nSPS) is 24.2. The van der Waals surface area contributed by atoms with Gasteiger partial charge in [0, 0.05) is 6.42 Å². The summed E-state index contributed by atoms with van der Waals surface area (Å²) in [5, 5.41) is 3.85. The summed E-state index contributed by atoms with van der Waals surface area (Å²) in [6.07, 6.45) is 0.0122. The zero-order valence-electron chi connectivity index (χ0n) is 11.3. The molecule has 1 aromatic carbocycles. The molecule has 1 spiro atoms. The van der Waals surface area contributed by atoms with Crippen molar-refractivity contribution in [1.29, 1.82) is 0 Å². The van der Waals surface area contributed by atoms with E-state index in [0.29, 0.717) is 5.69 Å². The molecule has 1 saturated heterocycles. The molecule has 0 bridgehead atoms. The number of rotatable bonds is 2. The zero-order chi connectivity index (χ0) is 15.0. The quantitative estimate of drug-likeness (QED) is 0.620. The van der Waals surface area contributed by atoms with E-state index in [1.165, 1.54) is 7.11 Å². The smallest absolute Gasteiger partial charge is 0.354 e. The summed E-state index contributed by atoms with van der Waals surface area (Å²) in [7, 11) is 1.24. The summed E-state index contributed by atoms with van der Waals surface area (Å²) >= 11 is 0. The van der Waals surface area contributed by atoms with Crippen LogP contribution in [0.25, 0.3) is 0 Å². The van der Waals surface area contributed by atoms with Crippen LogP contribution in [0.3, 0.4) is 0 Å². The van der Waals surface area contributed by atoms with Crippen LogP contribution < -0.4 is 10.3 Å². The Morgan fingerprint density at radius 1 is 1.29 bits per heavy atom. The third-order valence-corrected chi connectivity index (χ3v) is 3.62. The molecule has 2 aliphatic heterocycles. The van der Waals surface area contributed by atoms with Gasteiger partial charge in [0.25, 0.3) is 5.91 Å². The molecule has 1 atom stereocenters. The molecule has 1 N–H and O–H groups in total. The number of hydrogen-bond acceptors (Lipinski definition) is 6. The first kappa shape index (κ1) is 13.3. The fraction of sp³-hybridized carbons (Fsp3) is 0.286. The second-order valence-electron chi connectivity index (χ2n) is 4.97. The highest BCUT2D eigenvalue weighted by atomic mass is 16.5. The second-order valence-corrected chi connectivity index (χ2v) is 4.97. The van der Waals surface area contributed by atoms with E-state index in [1.807, 2.05) is 0 Å². The lowest BCUT2D eigenvalue weighted by atomic mass is 9.93. The number of hydrazone groups is 1. The van der Waals surface area contributed by atoms with Crippen molar-refractivity contribution in [3.63, 3.8) is 0 Å². The van der Waals surface area contributed by atoms with E-state index in [1.54, 1.807) is 30.3 Å². The van der Waals surface area contributed by atoms with Crippen molar-refractivity contribution in [2.24, 2.45) is 5.10 Å². The number of carbonyl (C=O) groups is 3. The Balaban J connectivity index is 1.87. The van der Waals surface area contributed by atoms with Gasteiger partial charge in [-0.2, -0.15) is 5.10 Å². The number of hydrogen-bond donors (Lipinski definition) is 1. The highest BCUT2D eigenvalue weighted by Crippen LogP contribution is 2.34. The number of benzene rings is 1. The molecule has 7 nitrogen and oxygen atoms in total. The van der Waals surface area contributed by atoms with Crippen LogP contribution in [0.4, 0.5) is 5.69 Å². The lowest BCUT2D eigenvalue weighted by Gasteiger charge is -2.20. The van der Waals surface area contributed by atoms with E-state index < -0.39 is 17.4 Å². The predicted molar refractivity (Wildman–Crippen MR) is 73.5 cm³/mol. The van der Waals surface area contributed by atoms with Gasteiger partial charge in [-0.25, -0.2) is 9.69 Å². The van der Waals surface area contributed by atoms with Crippen LogP contribution in [-0.4, -0.2) is 36.1 Å². The number of amides is 2. The van der Waals surface area contributed by atoms with E-state index in [0.717, 1.165) is 4.90 Å². The van der Waals surface area contributed by atoms with Crippen LogP contribution in [0, 0.1) is 0 Å². The molecule has 2 aliphatic rings. The fourth-order valence-electron chi connectivity index (χ4n) is 2.58. The lowest BCUT2D eigenvalue weighted by molar-refractivity contribution is -0.132. The maximum Gasteiger partial charge on any atom is 0.354 e. The summed E-state index contributed by atoms with van der Waals surface area (Å²) in [6, 6.07) is 8.67. The Morgan fingerprint density at radius 3 is 2.67 bits per heavy atom.